The zero-order valence-corrected chi connectivity index (χ0v) is 9.32. The molecule has 0 heterocycles. The Labute approximate surface area is 91.1 Å². The Balaban J connectivity index is 2.32. The van der Waals surface area contributed by atoms with Crippen molar-refractivity contribution in [3.05, 3.63) is 12.2 Å². The molecule has 3 heteroatoms. The van der Waals surface area contributed by atoms with E-state index in [4.69, 9.17) is 4.74 Å². The number of aliphatic hydroxyl groups excluding tert-OH is 1. The topological polar surface area (TPSA) is 46.5 Å². The van der Waals surface area contributed by atoms with E-state index in [1.807, 2.05) is 0 Å². The van der Waals surface area contributed by atoms with Crippen molar-refractivity contribution in [2.24, 2.45) is 5.92 Å². The number of ether oxygens (including phenoxy) is 1. The fraction of sp³-hybridized carbons (Fsp3) is 0.750. The van der Waals surface area contributed by atoms with Crippen molar-refractivity contribution in [3.63, 3.8) is 0 Å². The molecule has 1 N–H and O–H groups in total. The van der Waals surface area contributed by atoms with Crippen LogP contribution in [0.4, 0.5) is 0 Å². The fourth-order valence-electron chi connectivity index (χ4n) is 2.00. The number of hydrogen-bond acceptors (Lipinski definition) is 3. The molecule has 0 aromatic rings. The van der Waals surface area contributed by atoms with E-state index in [0.717, 1.165) is 12.8 Å². The van der Waals surface area contributed by atoms with Crippen LogP contribution < -0.4 is 0 Å². The van der Waals surface area contributed by atoms with Crippen molar-refractivity contribution < 1.29 is 14.6 Å². The van der Waals surface area contributed by atoms with Gasteiger partial charge in [0.25, 0.3) is 0 Å². The van der Waals surface area contributed by atoms with Crippen molar-refractivity contribution in [2.75, 3.05) is 6.61 Å². The van der Waals surface area contributed by atoms with Gasteiger partial charge in [-0.3, -0.25) is 0 Å². The molecule has 0 aromatic heterocycles. The third-order valence-corrected chi connectivity index (χ3v) is 2.85. The molecular formula is C12H20O3. The first kappa shape index (κ1) is 12.2. The van der Waals surface area contributed by atoms with Crippen LogP contribution in [0.2, 0.25) is 0 Å². The maximum absolute atomic E-state index is 11.0. The Morgan fingerprint density at radius 3 is 2.73 bits per heavy atom. The third kappa shape index (κ3) is 4.47. The molecule has 86 valence electrons. The molecule has 1 unspecified atom stereocenters. The van der Waals surface area contributed by atoms with Gasteiger partial charge in [-0.1, -0.05) is 19.3 Å². The molecule has 1 atom stereocenters. The van der Waals surface area contributed by atoms with Crippen LogP contribution >= 0.6 is 0 Å². The van der Waals surface area contributed by atoms with Gasteiger partial charge in [0.2, 0.25) is 0 Å². The second-order valence-corrected chi connectivity index (χ2v) is 4.00. The monoisotopic (exact) mass is 212 g/mol. The average Bonchev–Trinajstić information content (AvgIpc) is 2.27. The van der Waals surface area contributed by atoms with Gasteiger partial charge in [0.05, 0.1) is 12.7 Å². The Morgan fingerprint density at radius 1 is 1.47 bits per heavy atom. The molecule has 1 aliphatic rings. The van der Waals surface area contributed by atoms with Gasteiger partial charge in [0, 0.05) is 6.08 Å². The van der Waals surface area contributed by atoms with Gasteiger partial charge in [-0.2, -0.15) is 0 Å². The van der Waals surface area contributed by atoms with Crippen LogP contribution in [0.25, 0.3) is 0 Å². The minimum absolute atomic E-state index is 0.324. The lowest BCUT2D eigenvalue weighted by Crippen LogP contribution is -2.21. The van der Waals surface area contributed by atoms with Gasteiger partial charge in [0.15, 0.2) is 0 Å². The molecule has 0 aliphatic heterocycles. The molecule has 1 fully saturated rings. The number of carbonyl (C=O) groups is 1. The fourth-order valence-corrected chi connectivity index (χ4v) is 2.00. The van der Waals surface area contributed by atoms with Crippen LogP contribution in [-0.4, -0.2) is 23.8 Å². The molecular weight excluding hydrogens is 192 g/mol. The number of carbonyl (C=O) groups excluding carboxylic acids is 1. The van der Waals surface area contributed by atoms with E-state index < -0.39 is 6.10 Å². The highest BCUT2D eigenvalue weighted by Gasteiger charge is 2.19. The van der Waals surface area contributed by atoms with Crippen LogP contribution in [0.15, 0.2) is 12.2 Å². The van der Waals surface area contributed by atoms with Gasteiger partial charge in [-0.15, -0.1) is 0 Å². The average molecular weight is 212 g/mol. The summed E-state index contributed by atoms with van der Waals surface area (Å²) in [5.74, 6) is -0.0446. The lowest BCUT2D eigenvalue weighted by atomic mass is 9.85. The lowest BCUT2D eigenvalue weighted by molar-refractivity contribution is -0.137. The van der Waals surface area contributed by atoms with Crippen LogP contribution in [-0.2, 0) is 9.53 Å². The van der Waals surface area contributed by atoms with E-state index in [-0.39, 0.29) is 5.97 Å². The van der Waals surface area contributed by atoms with Gasteiger partial charge in [-0.05, 0) is 31.8 Å². The standard InChI is InChI=1S/C12H20O3/c1-2-15-12(14)9-8-11(13)10-6-4-3-5-7-10/h8-11,13H,2-7H2,1H3/b9-8+. The van der Waals surface area contributed by atoms with E-state index in [2.05, 4.69) is 0 Å². The van der Waals surface area contributed by atoms with Crippen molar-refractivity contribution in [2.45, 2.75) is 45.1 Å². The quantitative estimate of drug-likeness (QED) is 0.573. The van der Waals surface area contributed by atoms with Crippen LogP contribution in [0.3, 0.4) is 0 Å². The molecule has 0 amide bonds. The smallest absolute Gasteiger partial charge is 0.330 e. The lowest BCUT2D eigenvalue weighted by Gasteiger charge is -2.24. The number of esters is 1. The molecule has 1 aliphatic carbocycles. The predicted octanol–water partition coefficient (Wildman–Crippen LogP) is 2.05. The minimum atomic E-state index is -0.491. The van der Waals surface area contributed by atoms with Crippen molar-refractivity contribution in [3.8, 4) is 0 Å². The van der Waals surface area contributed by atoms with Gasteiger partial charge >= 0.3 is 5.97 Å². The molecule has 3 nitrogen and oxygen atoms in total. The summed E-state index contributed by atoms with van der Waals surface area (Å²) in [7, 11) is 0. The molecule has 0 radical (unpaired) electrons. The number of hydrogen-bond donors (Lipinski definition) is 1. The highest BCUT2D eigenvalue weighted by molar-refractivity contribution is 5.81. The maximum atomic E-state index is 11.0. The summed E-state index contributed by atoms with van der Waals surface area (Å²) in [6.07, 6.45) is 8.18. The second kappa shape index (κ2) is 6.62. The molecule has 0 saturated heterocycles. The van der Waals surface area contributed by atoms with E-state index >= 15 is 0 Å². The summed E-state index contributed by atoms with van der Waals surface area (Å²) in [6, 6.07) is 0. The molecule has 1 rings (SSSR count). The van der Waals surface area contributed by atoms with E-state index in [1.54, 1.807) is 13.0 Å². The Bertz CT molecular complexity index is 217. The molecule has 1 saturated carbocycles. The van der Waals surface area contributed by atoms with E-state index in [1.165, 1.54) is 25.3 Å². The molecule has 15 heavy (non-hydrogen) atoms. The van der Waals surface area contributed by atoms with E-state index in [0.29, 0.717) is 12.5 Å². The maximum Gasteiger partial charge on any atom is 0.330 e. The third-order valence-electron chi connectivity index (χ3n) is 2.85. The van der Waals surface area contributed by atoms with Crippen molar-refractivity contribution >= 4 is 5.97 Å². The first-order valence-electron chi connectivity index (χ1n) is 5.77. The summed E-state index contributed by atoms with van der Waals surface area (Å²) in [4.78, 5) is 11.0. The van der Waals surface area contributed by atoms with Crippen molar-refractivity contribution in [1.82, 2.24) is 0 Å². The van der Waals surface area contributed by atoms with Gasteiger partial charge < -0.3 is 9.84 Å². The highest BCUT2D eigenvalue weighted by Crippen LogP contribution is 2.26. The molecule has 0 aromatic carbocycles. The molecule has 0 spiro atoms. The number of rotatable bonds is 4. The SMILES string of the molecule is CCOC(=O)/C=C/C(O)C1CCCCC1. The zero-order valence-electron chi connectivity index (χ0n) is 9.32. The Kier molecular flexibility index (Phi) is 5.40. The summed E-state index contributed by atoms with van der Waals surface area (Å²) in [5.41, 5.74) is 0. The first-order valence-corrected chi connectivity index (χ1v) is 5.77. The second-order valence-electron chi connectivity index (χ2n) is 4.00. The van der Waals surface area contributed by atoms with Gasteiger partial charge in [0.1, 0.15) is 0 Å². The van der Waals surface area contributed by atoms with Crippen LogP contribution in [0.1, 0.15) is 39.0 Å². The molecule has 0 bridgehead atoms. The predicted molar refractivity (Wildman–Crippen MR) is 58.4 cm³/mol. The Hall–Kier alpha value is -0.830. The minimum Gasteiger partial charge on any atom is -0.463 e. The van der Waals surface area contributed by atoms with Crippen molar-refractivity contribution in [1.29, 1.82) is 0 Å². The van der Waals surface area contributed by atoms with Gasteiger partial charge in [-0.25, -0.2) is 4.79 Å². The summed E-state index contributed by atoms with van der Waals surface area (Å²) < 4.78 is 4.74. The van der Waals surface area contributed by atoms with Crippen LogP contribution in [0, 0.1) is 5.92 Å². The normalized spacial score (nSPS) is 20.4. The highest BCUT2D eigenvalue weighted by atomic mass is 16.5. The largest absolute Gasteiger partial charge is 0.463 e. The summed E-state index contributed by atoms with van der Waals surface area (Å²) >= 11 is 0. The first-order chi connectivity index (χ1) is 7.24. The van der Waals surface area contributed by atoms with E-state index in [9.17, 15) is 9.90 Å². The zero-order chi connectivity index (χ0) is 11.1. The van der Waals surface area contributed by atoms with Crippen LogP contribution in [0.5, 0.6) is 0 Å². The number of aliphatic hydroxyl groups is 1. The Morgan fingerprint density at radius 2 is 2.13 bits per heavy atom. The summed E-state index contributed by atoms with van der Waals surface area (Å²) in [6.45, 7) is 2.14. The summed E-state index contributed by atoms with van der Waals surface area (Å²) in [5, 5.41) is 9.80.